The molecule has 0 amide bonds. The second-order valence-corrected chi connectivity index (χ2v) is 6.53. The molecule has 2 aromatic carbocycles. The summed E-state index contributed by atoms with van der Waals surface area (Å²) in [4.78, 5) is 1.34. The van der Waals surface area contributed by atoms with E-state index in [0.717, 1.165) is 11.3 Å². The number of fused-ring (bicyclic) bond motifs is 1. The fourth-order valence-corrected chi connectivity index (χ4v) is 4.05. The van der Waals surface area contributed by atoms with Crippen LogP contribution in [0.5, 0.6) is 0 Å². The van der Waals surface area contributed by atoms with Crippen molar-refractivity contribution in [1.82, 2.24) is 0 Å². The minimum Gasteiger partial charge on any atom is -0.323 e. The lowest BCUT2D eigenvalue weighted by atomic mass is 9.89. The SMILES string of the molecule is NC(c1ccc(Cl)c(Cl)c1)C1CSc2ccccc21. The zero-order valence-electron chi connectivity index (χ0n) is 10.1. The second kappa shape index (κ2) is 5.37. The summed E-state index contributed by atoms with van der Waals surface area (Å²) in [6.07, 6.45) is 0. The van der Waals surface area contributed by atoms with Crippen molar-refractivity contribution in [2.75, 3.05) is 5.75 Å². The van der Waals surface area contributed by atoms with Crippen LogP contribution in [0.4, 0.5) is 0 Å². The third kappa shape index (κ3) is 2.50. The van der Waals surface area contributed by atoms with Crippen molar-refractivity contribution in [2.45, 2.75) is 16.9 Å². The van der Waals surface area contributed by atoms with E-state index in [1.165, 1.54) is 10.5 Å². The average molecular weight is 310 g/mol. The highest BCUT2D eigenvalue weighted by Gasteiger charge is 2.29. The van der Waals surface area contributed by atoms with Crippen LogP contribution in [0.1, 0.15) is 23.1 Å². The van der Waals surface area contributed by atoms with Gasteiger partial charge in [0, 0.05) is 22.6 Å². The number of hydrogen-bond acceptors (Lipinski definition) is 2. The van der Waals surface area contributed by atoms with E-state index >= 15 is 0 Å². The molecule has 0 bridgehead atoms. The Morgan fingerprint density at radius 1 is 1.11 bits per heavy atom. The van der Waals surface area contributed by atoms with E-state index in [0.29, 0.717) is 16.0 Å². The van der Waals surface area contributed by atoms with E-state index in [9.17, 15) is 0 Å². The number of rotatable bonds is 2. The van der Waals surface area contributed by atoms with Gasteiger partial charge < -0.3 is 5.73 Å². The van der Waals surface area contributed by atoms with Gasteiger partial charge in [0.1, 0.15) is 0 Å². The summed E-state index contributed by atoms with van der Waals surface area (Å²) in [6, 6.07) is 14.1. The molecule has 19 heavy (non-hydrogen) atoms. The van der Waals surface area contributed by atoms with E-state index in [4.69, 9.17) is 28.9 Å². The van der Waals surface area contributed by atoms with Gasteiger partial charge >= 0.3 is 0 Å². The topological polar surface area (TPSA) is 26.0 Å². The first-order valence-corrected chi connectivity index (χ1v) is 7.83. The molecule has 0 saturated carbocycles. The normalized spacial score (nSPS) is 19.2. The average Bonchev–Trinajstić information content (AvgIpc) is 2.85. The first kappa shape index (κ1) is 13.3. The van der Waals surface area contributed by atoms with Crippen LogP contribution in [0.15, 0.2) is 47.4 Å². The highest BCUT2D eigenvalue weighted by atomic mass is 35.5. The standard InChI is InChI=1S/C15H13Cl2NS/c16-12-6-5-9(7-13(12)17)15(18)11-8-19-14-4-2-1-3-10(11)14/h1-7,11,15H,8,18H2. The van der Waals surface area contributed by atoms with E-state index in [1.54, 1.807) is 0 Å². The van der Waals surface area contributed by atoms with Crippen molar-refractivity contribution in [3.8, 4) is 0 Å². The zero-order valence-corrected chi connectivity index (χ0v) is 12.5. The van der Waals surface area contributed by atoms with Gasteiger partial charge in [-0.05, 0) is 29.3 Å². The van der Waals surface area contributed by atoms with Crippen LogP contribution in [0, 0.1) is 0 Å². The van der Waals surface area contributed by atoms with Gasteiger partial charge in [0.05, 0.1) is 10.0 Å². The Hall–Kier alpha value is -0.670. The van der Waals surface area contributed by atoms with Crippen molar-refractivity contribution in [2.24, 2.45) is 5.73 Å². The molecule has 1 nitrogen and oxygen atoms in total. The minimum atomic E-state index is -0.0501. The summed E-state index contributed by atoms with van der Waals surface area (Å²) in [7, 11) is 0. The summed E-state index contributed by atoms with van der Waals surface area (Å²) in [6.45, 7) is 0. The van der Waals surface area contributed by atoms with Crippen LogP contribution >= 0.6 is 35.0 Å². The van der Waals surface area contributed by atoms with Crippen LogP contribution < -0.4 is 5.73 Å². The van der Waals surface area contributed by atoms with Crippen molar-refractivity contribution >= 4 is 35.0 Å². The molecule has 1 aliphatic rings. The van der Waals surface area contributed by atoms with Gasteiger partial charge in [0.25, 0.3) is 0 Å². The summed E-state index contributed by atoms with van der Waals surface area (Å²) < 4.78 is 0. The Morgan fingerprint density at radius 2 is 1.89 bits per heavy atom. The molecule has 2 atom stereocenters. The lowest BCUT2D eigenvalue weighted by molar-refractivity contribution is 0.607. The van der Waals surface area contributed by atoms with Crippen molar-refractivity contribution in [3.63, 3.8) is 0 Å². The molecule has 1 heterocycles. The summed E-state index contributed by atoms with van der Waals surface area (Å²) >= 11 is 13.9. The molecule has 2 aromatic rings. The molecular weight excluding hydrogens is 297 g/mol. The predicted octanol–water partition coefficient (Wildman–Crippen LogP) is 4.88. The molecule has 0 fully saturated rings. The van der Waals surface area contributed by atoms with Crippen LogP contribution in [0.25, 0.3) is 0 Å². The van der Waals surface area contributed by atoms with E-state index in [2.05, 4.69) is 24.3 Å². The Balaban J connectivity index is 1.93. The highest BCUT2D eigenvalue weighted by Crippen LogP contribution is 2.45. The largest absolute Gasteiger partial charge is 0.323 e. The number of thioether (sulfide) groups is 1. The molecule has 0 radical (unpaired) electrons. The van der Waals surface area contributed by atoms with Crippen LogP contribution in [0.3, 0.4) is 0 Å². The first-order valence-electron chi connectivity index (χ1n) is 6.09. The minimum absolute atomic E-state index is 0.0501. The van der Waals surface area contributed by atoms with E-state index in [1.807, 2.05) is 30.0 Å². The summed E-state index contributed by atoms with van der Waals surface area (Å²) in [5.74, 6) is 1.35. The lowest BCUT2D eigenvalue weighted by Crippen LogP contribution is -2.19. The van der Waals surface area contributed by atoms with Gasteiger partial charge in [-0.25, -0.2) is 0 Å². The second-order valence-electron chi connectivity index (χ2n) is 4.65. The molecule has 0 saturated heterocycles. The molecular formula is C15H13Cl2NS. The van der Waals surface area contributed by atoms with Gasteiger partial charge in [-0.1, -0.05) is 47.5 Å². The molecule has 2 unspecified atom stereocenters. The third-order valence-electron chi connectivity index (χ3n) is 3.50. The maximum Gasteiger partial charge on any atom is 0.0595 e. The number of nitrogens with two attached hydrogens (primary N) is 1. The Kier molecular flexibility index (Phi) is 3.77. The fraction of sp³-hybridized carbons (Fsp3) is 0.200. The van der Waals surface area contributed by atoms with Crippen molar-refractivity contribution in [3.05, 3.63) is 63.6 Å². The molecule has 0 aromatic heterocycles. The molecule has 4 heteroatoms. The zero-order chi connectivity index (χ0) is 13.4. The smallest absolute Gasteiger partial charge is 0.0595 e. The first-order chi connectivity index (χ1) is 9.16. The summed E-state index contributed by atoms with van der Waals surface area (Å²) in [5, 5.41) is 1.13. The lowest BCUT2D eigenvalue weighted by Gasteiger charge is -2.20. The quantitative estimate of drug-likeness (QED) is 0.855. The Bertz CT molecular complexity index is 615. The van der Waals surface area contributed by atoms with Gasteiger partial charge in [-0.2, -0.15) is 0 Å². The maximum atomic E-state index is 6.42. The Morgan fingerprint density at radius 3 is 2.68 bits per heavy atom. The molecule has 1 aliphatic heterocycles. The van der Waals surface area contributed by atoms with Gasteiger partial charge in [0.15, 0.2) is 0 Å². The van der Waals surface area contributed by atoms with Gasteiger partial charge in [-0.15, -0.1) is 11.8 Å². The third-order valence-corrected chi connectivity index (χ3v) is 5.45. The fourth-order valence-electron chi connectivity index (χ4n) is 2.44. The van der Waals surface area contributed by atoms with E-state index < -0.39 is 0 Å². The van der Waals surface area contributed by atoms with Crippen LogP contribution in [0.2, 0.25) is 10.0 Å². The van der Waals surface area contributed by atoms with Gasteiger partial charge in [-0.3, -0.25) is 0 Å². The number of benzene rings is 2. The highest BCUT2D eigenvalue weighted by molar-refractivity contribution is 7.99. The maximum absolute atomic E-state index is 6.42. The molecule has 2 N–H and O–H groups in total. The van der Waals surface area contributed by atoms with Gasteiger partial charge in [0.2, 0.25) is 0 Å². The molecule has 3 rings (SSSR count). The predicted molar refractivity (Wildman–Crippen MR) is 83.3 cm³/mol. The van der Waals surface area contributed by atoms with Crippen molar-refractivity contribution in [1.29, 1.82) is 0 Å². The van der Waals surface area contributed by atoms with Crippen LogP contribution in [-0.4, -0.2) is 5.75 Å². The Labute approximate surface area is 127 Å². The monoisotopic (exact) mass is 309 g/mol. The summed E-state index contributed by atoms with van der Waals surface area (Å²) in [5.41, 5.74) is 8.80. The number of hydrogen-bond donors (Lipinski definition) is 1. The van der Waals surface area contributed by atoms with Crippen molar-refractivity contribution < 1.29 is 0 Å². The number of halogens is 2. The van der Waals surface area contributed by atoms with E-state index in [-0.39, 0.29) is 6.04 Å². The molecule has 0 spiro atoms. The molecule has 0 aliphatic carbocycles. The van der Waals surface area contributed by atoms with Crippen LogP contribution in [-0.2, 0) is 0 Å². The molecule has 98 valence electrons.